The van der Waals surface area contributed by atoms with Gasteiger partial charge in [0.25, 0.3) is 0 Å². The average molecular weight is 273 g/mol. The average Bonchev–Trinajstić information content (AvgIpc) is 3.11. The summed E-state index contributed by atoms with van der Waals surface area (Å²) in [5, 5.41) is 6.58. The van der Waals surface area contributed by atoms with Crippen molar-refractivity contribution in [1.29, 1.82) is 0 Å². The van der Waals surface area contributed by atoms with Gasteiger partial charge >= 0.3 is 0 Å². The first kappa shape index (κ1) is 12.0. The zero-order valence-electron chi connectivity index (χ0n) is 10.7. The minimum atomic E-state index is 0.719. The van der Waals surface area contributed by atoms with Crippen LogP contribution in [-0.4, -0.2) is 9.78 Å². The lowest BCUT2D eigenvalue weighted by Gasteiger charge is -2.00. The Morgan fingerprint density at radius 2 is 2.21 bits per heavy atom. The highest BCUT2D eigenvalue weighted by Crippen LogP contribution is 2.33. The van der Waals surface area contributed by atoms with Crippen LogP contribution < -0.4 is 5.73 Å². The molecule has 0 atom stereocenters. The van der Waals surface area contributed by atoms with Crippen molar-refractivity contribution in [2.45, 2.75) is 12.8 Å². The van der Waals surface area contributed by atoms with E-state index in [9.17, 15) is 0 Å². The number of aryl methyl sites for hydroxylation is 3. The smallest absolute Gasteiger partial charge is 0.130 e. The summed E-state index contributed by atoms with van der Waals surface area (Å²) < 4.78 is 7.10. The molecule has 3 heterocycles. The minimum Gasteiger partial charge on any atom is -0.469 e. The van der Waals surface area contributed by atoms with Gasteiger partial charge in [0.05, 0.1) is 17.5 Å². The van der Waals surface area contributed by atoms with Crippen LogP contribution >= 0.6 is 11.3 Å². The molecule has 0 aliphatic heterocycles. The van der Waals surface area contributed by atoms with Crippen molar-refractivity contribution in [3.8, 4) is 10.4 Å². The van der Waals surface area contributed by atoms with Crippen LogP contribution in [0.2, 0.25) is 0 Å². The molecule has 0 bridgehead atoms. The number of hydrogen-bond donors (Lipinski definition) is 1. The van der Waals surface area contributed by atoms with Crippen molar-refractivity contribution >= 4 is 17.2 Å². The van der Waals surface area contributed by atoms with E-state index < -0.39 is 0 Å². The summed E-state index contributed by atoms with van der Waals surface area (Å²) in [6.07, 6.45) is 3.36. The van der Waals surface area contributed by atoms with Gasteiger partial charge in [0.15, 0.2) is 0 Å². The topological polar surface area (TPSA) is 57.0 Å². The molecule has 0 radical (unpaired) electrons. The van der Waals surface area contributed by atoms with Crippen LogP contribution in [0.1, 0.15) is 11.5 Å². The summed E-state index contributed by atoms with van der Waals surface area (Å²) in [6, 6.07) is 8.00. The summed E-state index contributed by atoms with van der Waals surface area (Å²) >= 11 is 1.68. The molecule has 4 nitrogen and oxygen atoms in total. The minimum absolute atomic E-state index is 0.719. The first-order valence-corrected chi connectivity index (χ1v) is 7.01. The van der Waals surface area contributed by atoms with E-state index in [1.165, 1.54) is 4.88 Å². The Kier molecular flexibility index (Phi) is 3.13. The van der Waals surface area contributed by atoms with Crippen molar-refractivity contribution in [1.82, 2.24) is 9.78 Å². The molecule has 2 N–H and O–H groups in total. The lowest BCUT2D eigenvalue weighted by Crippen LogP contribution is -1.97. The Balaban J connectivity index is 1.91. The molecular formula is C14H15N3OS. The van der Waals surface area contributed by atoms with Crippen LogP contribution in [0.15, 0.2) is 40.3 Å². The van der Waals surface area contributed by atoms with Gasteiger partial charge in [-0.1, -0.05) is 6.07 Å². The fourth-order valence-electron chi connectivity index (χ4n) is 2.16. The maximum atomic E-state index is 6.13. The molecule has 0 unspecified atom stereocenters. The largest absolute Gasteiger partial charge is 0.469 e. The van der Waals surface area contributed by atoms with E-state index in [1.807, 2.05) is 25.2 Å². The van der Waals surface area contributed by atoms with E-state index in [0.29, 0.717) is 0 Å². The monoisotopic (exact) mass is 273 g/mol. The van der Waals surface area contributed by atoms with Gasteiger partial charge in [-0.3, -0.25) is 4.68 Å². The fraction of sp³-hybridized carbons (Fsp3) is 0.214. The predicted octanol–water partition coefficient (Wildman–Crippen LogP) is 3.11. The van der Waals surface area contributed by atoms with Crippen LogP contribution in [0, 0.1) is 0 Å². The molecule has 98 valence electrons. The maximum Gasteiger partial charge on any atom is 0.130 e. The number of hydrogen-bond acceptors (Lipinski definition) is 4. The number of furan rings is 1. The Morgan fingerprint density at radius 1 is 1.32 bits per heavy atom. The first-order valence-electron chi connectivity index (χ1n) is 6.13. The summed E-state index contributed by atoms with van der Waals surface area (Å²) in [5.74, 6) is 1.69. The van der Waals surface area contributed by atoms with Crippen LogP contribution in [0.3, 0.4) is 0 Å². The zero-order valence-corrected chi connectivity index (χ0v) is 11.5. The molecule has 3 aromatic rings. The molecule has 0 spiro atoms. The second-order valence-electron chi connectivity index (χ2n) is 4.39. The summed E-state index contributed by atoms with van der Waals surface area (Å²) in [6.45, 7) is 0. The van der Waals surface area contributed by atoms with Gasteiger partial charge in [-0.15, -0.1) is 11.3 Å². The number of nitrogens with two attached hydrogens (primary N) is 1. The van der Waals surface area contributed by atoms with Crippen molar-refractivity contribution in [3.05, 3.63) is 47.4 Å². The molecular weight excluding hydrogens is 258 g/mol. The molecule has 3 rings (SSSR count). The lowest BCUT2D eigenvalue weighted by molar-refractivity contribution is 0.507. The Labute approximate surface area is 115 Å². The second kappa shape index (κ2) is 4.93. The number of nitrogen functional groups attached to an aromatic ring is 1. The summed E-state index contributed by atoms with van der Waals surface area (Å²) in [7, 11) is 1.88. The van der Waals surface area contributed by atoms with Crippen LogP contribution in [0.25, 0.3) is 10.4 Å². The predicted molar refractivity (Wildman–Crippen MR) is 77.0 cm³/mol. The van der Waals surface area contributed by atoms with E-state index in [2.05, 4.69) is 16.5 Å². The SMILES string of the molecule is Cn1nc(CCc2ccco2)c(-c2cccs2)c1N. The van der Waals surface area contributed by atoms with Crippen molar-refractivity contribution < 1.29 is 4.42 Å². The highest BCUT2D eigenvalue weighted by atomic mass is 32.1. The van der Waals surface area contributed by atoms with Gasteiger partial charge < -0.3 is 10.2 Å². The third-order valence-electron chi connectivity index (χ3n) is 3.12. The molecule has 0 aliphatic rings. The third-order valence-corrected chi connectivity index (χ3v) is 4.01. The Bertz CT molecular complexity index is 653. The molecule has 3 aromatic heterocycles. The van der Waals surface area contributed by atoms with Crippen LogP contribution in [0.4, 0.5) is 5.82 Å². The number of anilines is 1. The quantitative estimate of drug-likeness (QED) is 0.794. The number of aromatic nitrogens is 2. The molecule has 0 fully saturated rings. The van der Waals surface area contributed by atoms with Gasteiger partial charge in [-0.2, -0.15) is 5.10 Å². The molecule has 19 heavy (non-hydrogen) atoms. The second-order valence-corrected chi connectivity index (χ2v) is 5.33. The van der Waals surface area contributed by atoms with Crippen LogP contribution in [0.5, 0.6) is 0 Å². The number of nitrogens with zero attached hydrogens (tertiary/aromatic N) is 2. The highest BCUT2D eigenvalue weighted by molar-refractivity contribution is 7.13. The standard InChI is InChI=1S/C14H15N3OS/c1-17-14(15)13(12-5-3-9-19-12)11(16-17)7-6-10-4-2-8-18-10/h2-5,8-9H,6-7,15H2,1H3. The van der Waals surface area contributed by atoms with E-state index >= 15 is 0 Å². The molecule has 0 saturated carbocycles. The number of thiophene rings is 1. The summed E-state index contributed by atoms with van der Waals surface area (Å²) in [5.41, 5.74) is 8.21. The molecule has 0 aromatic carbocycles. The zero-order chi connectivity index (χ0) is 13.2. The van der Waals surface area contributed by atoms with E-state index in [-0.39, 0.29) is 0 Å². The molecule has 5 heteroatoms. The number of rotatable bonds is 4. The Morgan fingerprint density at radius 3 is 2.89 bits per heavy atom. The van der Waals surface area contributed by atoms with Gasteiger partial charge in [0.2, 0.25) is 0 Å². The molecule has 0 aliphatic carbocycles. The third kappa shape index (κ3) is 2.29. The fourth-order valence-corrected chi connectivity index (χ4v) is 2.96. The van der Waals surface area contributed by atoms with Crippen molar-refractivity contribution in [3.63, 3.8) is 0 Å². The highest BCUT2D eigenvalue weighted by Gasteiger charge is 2.16. The molecule has 0 saturated heterocycles. The van der Waals surface area contributed by atoms with E-state index in [4.69, 9.17) is 10.2 Å². The van der Waals surface area contributed by atoms with Gasteiger partial charge in [-0.25, -0.2) is 0 Å². The summed E-state index contributed by atoms with van der Waals surface area (Å²) in [4.78, 5) is 1.17. The lowest BCUT2D eigenvalue weighted by atomic mass is 10.1. The van der Waals surface area contributed by atoms with Crippen molar-refractivity contribution in [2.75, 3.05) is 5.73 Å². The van der Waals surface area contributed by atoms with Gasteiger partial charge in [0, 0.05) is 18.3 Å². The maximum absolute atomic E-state index is 6.13. The van der Waals surface area contributed by atoms with Gasteiger partial charge in [0.1, 0.15) is 11.6 Å². The van der Waals surface area contributed by atoms with Crippen LogP contribution in [-0.2, 0) is 19.9 Å². The normalized spacial score (nSPS) is 11.0. The first-order chi connectivity index (χ1) is 9.25. The van der Waals surface area contributed by atoms with Gasteiger partial charge in [-0.05, 0) is 30.0 Å². The van der Waals surface area contributed by atoms with E-state index in [0.717, 1.165) is 35.7 Å². The van der Waals surface area contributed by atoms with E-state index in [1.54, 1.807) is 22.3 Å². The van der Waals surface area contributed by atoms with Crippen molar-refractivity contribution in [2.24, 2.45) is 7.05 Å². The molecule has 0 amide bonds. The Hall–Kier alpha value is -2.01.